The summed E-state index contributed by atoms with van der Waals surface area (Å²) in [4.78, 5) is 12.8. The quantitative estimate of drug-likeness (QED) is 0.534. The van der Waals surface area contributed by atoms with Gasteiger partial charge in [0.25, 0.3) is 0 Å². The zero-order valence-electron chi connectivity index (χ0n) is 18.3. The lowest BCUT2D eigenvalue weighted by Gasteiger charge is -2.26. The molecule has 0 radical (unpaired) electrons. The Balaban J connectivity index is 1.89. The Morgan fingerprint density at radius 2 is 1.79 bits per heavy atom. The molecule has 0 aliphatic carbocycles. The molecule has 2 aromatic rings. The summed E-state index contributed by atoms with van der Waals surface area (Å²) >= 11 is 12.1. The summed E-state index contributed by atoms with van der Waals surface area (Å²) < 4.78 is 63.3. The highest BCUT2D eigenvalue weighted by atomic mass is 35.5. The molecule has 1 amide bonds. The zero-order valence-corrected chi connectivity index (χ0v) is 21.5. The molecular formula is C20H23Cl2N3O7S2. The molecule has 1 aliphatic heterocycles. The van der Waals surface area contributed by atoms with Crippen molar-refractivity contribution in [1.29, 1.82) is 0 Å². The second-order valence-corrected chi connectivity index (χ2v) is 12.0. The van der Waals surface area contributed by atoms with E-state index in [9.17, 15) is 21.6 Å². The smallest absolute Gasteiger partial charge is 0.245 e. The average Bonchev–Trinajstić information content (AvgIpc) is 2.79. The summed E-state index contributed by atoms with van der Waals surface area (Å²) in [6.07, 6.45) is 0.924. The van der Waals surface area contributed by atoms with Crippen molar-refractivity contribution in [3.8, 4) is 5.75 Å². The van der Waals surface area contributed by atoms with Crippen molar-refractivity contribution in [2.24, 2.45) is 0 Å². The van der Waals surface area contributed by atoms with Crippen LogP contribution < -0.4 is 14.4 Å². The first-order valence-corrected chi connectivity index (χ1v) is 14.0. The molecule has 1 fully saturated rings. The van der Waals surface area contributed by atoms with Gasteiger partial charge in [0.15, 0.2) is 0 Å². The molecule has 1 heterocycles. The monoisotopic (exact) mass is 551 g/mol. The van der Waals surface area contributed by atoms with Crippen LogP contribution >= 0.6 is 23.2 Å². The largest absolute Gasteiger partial charge is 0.495 e. The fourth-order valence-electron chi connectivity index (χ4n) is 3.26. The first-order chi connectivity index (χ1) is 15.9. The molecule has 0 spiro atoms. The summed E-state index contributed by atoms with van der Waals surface area (Å²) in [6, 6.07) is 8.27. The van der Waals surface area contributed by atoms with Crippen LogP contribution in [-0.2, 0) is 29.6 Å². The molecular weight excluding hydrogens is 529 g/mol. The lowest BCUT2D eigenvalue weighted by Crippen LogP contribution is -2.40. The van der Waals surface area contributed by atoms with Crippen molar-refractivity contribution in [1.82, 2.24) is 4.31 Å². The topological polar surface area (TPSA) is 122 Å². The Hall–Kier alpha value is -2.09. The second kappa shape index (κ2) is 10.7. The Morgan fingerprint density at radius 1 is 1.12 bits per heavy atom. The SMILES string of the molecule is COc1ccc(S(=O)(=O)N2CCOCC2)cc1NC(=O)CN(c1cc(Cl)ccc1Cl)S(C)(=O)=O. The van der Waals surface area contributed by atoms with Crippen molar-refractivity contribution < 1.29 is 31.1 Å². The van der Waals surface area contributed by atoms with Gasteiger partial charge in [-0.2, -0.15) is 4.31 Å². The molecule has 34 heavy (non-hydrogen) atoms. The number of ether oxygens (including phenoxy) is 2. The van der Waals surface area contributed by atoms with E-state index in [1.54, 1.807) is 0 Å². The normalized spacial score (nSPS) is 15.1. The van der Waals surface area contributed by atoms with E-state index in [2.05, 4.69) is 5.32 Å². The first kappa shape index (κ1) is 26.5. The zero-order chi connectivity index (χ0) is 25.1. The number of halogens is 2. The van der Waals surface area contributed by atoms with Gasteiger partial charge in [0.1, 0.15) is 12.3 Å². The van der Waals surface area contributed by atoms with E-state index in [0.29, 0.717) is 0 Å². The molecule has 0 aromatic heterocycles. The van der Waals surface area contributed by atoms with Crippen LogP contribution in [0, 0.1) is 0 Å². The van der Waals surface area contributed by atoms with Crippen molar-refractivity contribution in [3.05, 3.63) is 46.4 Å². The molecule has 0 bridgehead atoms. The summed E-state index contributed by atoms with van der Waals surface area (Å²) in [5.41, 5.74) is 0.0925. The molecule has 10 nitrogen and oxygen atoms in total. The number of morpholine rings is 1. The van der Waals surface area contributed by atoms with Gasteiger partial charge in [-0.3, -0.25) is 9.10 Å². The van der Waals surface area contributed by atoms with Crippen LogP contribution in [0.5, 0.6) is 5.75 Å². The number of sulfonamides is 2. The number of carbonyl (C=O) groups is 1. The van der Waals surface area contributed by atoms with Crippen LogP contribution in [-0.4, -0.2) is 73.3 Å². The van der Waals surface area contributed by atoms with Crippen molar-refractivity contribution >= 4 is 60.5 Å². The van der Waals surface area contributed by atoms with E-state index in [-0.39, 0.29) is 58.4 Å². The molecule has 0 atom stereocenters. The van der Waals surface area contributed by atoms with Crippen molar-refractivity contribution in [3.63, 3.8) is 0 Å². The van der Waals surface area contributed by atoms with Crippen LogP contribution in [0.3, 0.4) is 0 Å². The maximum Gasteiger partial charge on any atom is 0.245 e. The number of anilines is 2. The number of rotatable bonds is 8. The predicted molar refractivity (Wildman–Crippen MR) is 130 cm³/mol. The van der Waals surface area contributed by atoms with Crippen molar-refractivity contribution in [2.75, 3.05) is 55.8 Å². The van der Waals surface area contributed by atoms with E-state index in [1.807, 2.05) is 0 Å². The Morgan fingerprint density at radius 3 is 2.41 bits per heavy atom. The van der Waals surface area contributed by atoms with Gasteiger partial charge in [-0.05, 0) is 36.4 Å². The Bertz CT molecular complexity index is 1280. The third-order valence-corrected chi connectivity index (χ3v) is 8.49. The second-order valence-electron chi connectivity index (χ2n) is 7.29. The van der Waals surface area contributed by atoms with E-state index in [1.165, 1.54) is 47.8 Å². The third-order valence-electron chi connectivity index (χ3n) is 4.92. The van der Waals surface area contributed by atoms with Crippen LogP contribution in [0.4, 0.5) is 11.4 Å². The maximum absolute atomic E-state index is 13.0. The molecule has 3 rings (SSSR count). The molecule has 0 saturated carbocycles. The average molecular weight is 552 g/mol. The van der Waals surface area contributed by atoms with Gasteiger partial charge in [-0.15, -0.1) is 0 Å². The molecule has 1 aliphatic rings. The third kappa shape index (κ3) is 6.12. The number of carbonyl (C=O) groups excluding carboxylic acids is 1. The van der Waals surface area contributed by atoms with Gasteiger partial charge < -0.3 is 14.8 Å². The van der Waals surface area contributed by atoms with E-state index in [4.69, 9.17) is 32.7 Å². The first-order valence-electron chi connectivity index (χ1n) is 9.92. The van der Waals surface area contributed by atoms with E-state index in [0.717, 1.165) is 10.6 Å². The fourth-order valence-corrected chi connectivity index (χ4v) is 5.99. The van der Waals surface area contributed by atoms with Crippen LogP contribution in [0.25, 0.3) is 0 Å². The van der Waals surface area contributed by atoms with Gasteiger partial charge in [-0.1, -0.05) is 23.2 Å². The molecule has 14 heteroatoms. The number of hydrogen-bond donors (Lipinski definition) is 1. The molecule has 1 saturated heterocycles. The highest BCUT2D eigenvalue weighted by molar-refractivity contribution is 7.92. The minimum atomic E-state index is -3.92. The predicted octanol–water partition coefficient (Wildman–Crippen LogP) is 2.43. The van der Waals surface area contributed by atoms with Gasteiger partial charge in [0.05, 0.1) is 47.9 Å². The molecule has 0 unspecified atom stereocenters. The maximum atomic E-state index is 13.0. The van der Waals surface area contributed by atoms with Crippen LogP contribution in [0.2, 0.25) is 10.0 Å². The minimum Gasteiger partial charge on any atom is -0.495 e. The molecule has 1 N–H and O–H groups in total. The highest BCUT2D eigenvalue weighted by Crippen LogP contribution is 2.32. The Kier molecular flexibility index (Phi) is 8.32. The van der Waals surface area contributed by atoms with Gasteiger partial charge >= 0.3 is 0 Å². The van der Waals surface area contributed by atoms with Gasteiger partial charge in [-0.25, -0.2) is 16.8 Å². The summed E-state index contributed by atoms with van der Waals surface area (Å²) in [7, 11) is -6.40. The summed E-state index contributed by atoms with van der Waals surface area (Å²) in [5.74, 6) is -0.554. The minimum absolute atomic E-state index is 0.0300. The molecule has 2 aromatic carbocycles. The van der Waals surface area contributed by atoms with Gasteiger partial charge in [0, 0.05) is 18.1 Å². The van der Waals surface area contributed by atoms with E-state index < -0.39 is 32.5 Å². The number of nitrogens with zero attached hydrogens (tertiary/aromatic N) is 2. The number of amides is 1. The fraction of sp³-hybridized carbons (Fsp3) is 0.350. The number of nitrogens with one attached hydrogen (secondary N) is 1. The number of methoxy groups -OCH3 is 1. The Labute approximate surface area is 208 Å². The standard InChI is InChI=1S/C20H23Cl2N3O7S2/c1-31-19-6-4-15(34(29,30)24-7-9-32-10-8-24)12-17(19)23-20(26)13-25(33(2,27)28)18-11-14(21)3-5-16(18)22/h3-6,11-12H,7-10,13H2,1-2H3,(H,23,26). The van der Waals surface area contributed by atoms with Crippen LogP contribution in [0.1, 0.15) is 0 Å². The summed E-state index contributed by atoms with van der Waals surface area (Å²) in [5, 5.41) is 2.84. The lowest BCUT2D eigenvalue weighted by molar-refractivity contribution is -0.114. The lowest BCUT2D eigenvalue weighted by atomic mass is 10.3. The van der Waals surface area contributed by atoms with Crippen LogP contribution in [0.15, 0.2) is 41.3 Å². The van der Waals surface area contributed by atoms with E-state index >= 15 is 0 Å². The number of benzene rings is 2. The summed E-state index contributed by atoms with van der Waals surface area (Å²) in [6.45, 7) is 0.348. The van der Waals surface area contributed by atoms with Crippen molar-refractivity contribution in [2.45, 2.75) is 4.90 Å². The highest BCUT2D eigenvalue weighted by Gasteiger charge is 2.28. The number of hydrogen-bond acceptors (Lipinski definition) is 7. The van der Waals surface area contributed by atoms with Gasteiger partial charge in [0.2, 0.25) is 26.0 Å². The molecule has 186 valence electrons.